The Labute approximate surface area is 137 Å². The van der Waals surface area contributed by atoms with Gasteiger partial charge in [0.15, 0.2) is 0 Å². The molecule has 1 heterocycles. The molecule has 0 radical (unpaired) electrons. The molecule has 0 bridgehead atoms. The molecule has 1 aromatic carbocycles. The minimum Gasteiger partial charge on any atom is -0.382 e. The highest BCUT2D eigenvalue weighted by atomic mass is 16.5. The third-order valence-electron chi connectivity index (χ3n) is 3.75. The van der Waals surface area contributed by atoms with E-state index in [9.17, 15) is 4.79 Å². The van der Waals surface area contributed by atoms with E-state index in [1.807, 2.05) is 30.3 Å². The number of morpholine rings is 1. The zero-order valence-corrected chi connectivity index (χ0v) is 13.7. The lowest BCUT2D eigenvalue weighted by atomic mass is 10.1. The van der Waals surface area contributed by atoms with Gasteiger partial charge in [0.1, 0.15) is 6.61 Å². The number of rotatable bonds is 9. The second-order valence-corrected chi connectivity index (χ2v) is 5.49. The Morgan fingerprint density at radius 1 is 1.26 bits per heavy atom. The van der Waals surface area contributed by atoms with E-state index in [4.69, 9.17) is 14.2 Å². The Kier molecular flexibility index (Phi) is 8.03. The summed E-state index contributed by atoms with van der Waals surface area (Å²) in [5, 5.41) is 3.07. The summed E-state index contributed by atoms with van der Waals surface area (Å²) in [6.07, 6.45) is 0. The van der Waals surface area contributed by atoms with Crippen molar-refractivity contribution in [1.82, 2.24) is 10.2 Å². The van der Waals surface area contributed by atoms with Crippen LogP contribution in [-0.4, -0.2) is 70.6 Å². The zero-order valence-electron chi connectivity index (χ0n) is 13.7. The topological polar surface area (TPSA) is 60.0 Å². The number of ether oxygens (including phenoxy) is 3. The largest absolute Gasteiger partial charge is 0.382 e. The van der Waals surface area contributed by atoms with Crippen LogP contribution in [0.4, 0.5) is 0 Å². The first kappa shape index (κ1) is 17.9. The number of amides is 1. The van der Waals surface area contributed by atoms with Crippen molar-refractivity contribution in [2.24, 2.45) is 0 Å². The Hall–Kier alpha value is -1.47. The number of carbonyl (C=O) groups excluding carboxylic acids is 1. The van der Waals surface area contributed by atoms with Gasteiger partial charge in [-0.05, 0) is 5.56 Å². The van der Waals surface area contributed by atoms with E-state index in [1.165, 1.54) is 0 Å². The van der Waals surface area contributed by atoms with Crippen molar-refractivity contribution in [3.05, 3.63) is 35.9 Å². The molecular formula is C17H26N2O4. The van der Waals surface area contributed by atoms with E-state index in [0.717, 1.165) is 38.4 Å². The third kappa shape index (κ3) is 6.66. The van der Waals surface area contributed by atoms with Gasteiger partial charge in [-0.2, -0.15) is 0 Å². The van der Waals surface area contributed by atoms with Crippen molar-refractivity contribution < 1.29 is 19.0 Å². The Morgan fingerprint density at radius 2 is 2.00 bits per heavy atom. The summed E-state index contributed by atoms with van der Waals surface area (Å²) in [4.78, 5) is 14.4. The normalized spacial score (nSPS) is 16.9. The summed E-state index contributed by atoms with van der Waals surface area (Å²) in [5.74, 6) is -0.108. The molecule has 1 N–H and O–H groups in total. The summed E-state index contributed by atoms with van der Waals surface area (Å²) in [6, 6.07) is 9.98. The lowest BCUT2D eigenvalue weighted by Crippen LogP contribution is -2.43. The number of methoxy groups -OCH3 is 1. The fraction of sp³-hybridized carbons (Fsp3) is 0.588. The number of nitrogens with zero attached hydrogens (tertiary/aromatic N) is 1. The predicted molar refractivity (Wildman–Crippen MR) is 87.3 cm³/mol. The molecular weight excluding hydrogens is 296 g/mol. The SMILES string of the molecule is COCCOCC(=O)NC(CN1CCOCC1)c1ccccc1. The maximum Gasteiger partial charge on any atom is 0.246 e. The Bertz CT molecular complexity index is 449. The molecule has 2 rings (SSSR count). The van der Waals surface area contributed by atoms with Crippen LogP contribution in [0.1, 0.15) is 11.6 Å². The molecule has 1 fully saturated rings. The molecule has 0 saturated carbocycles. The van der Waals surface area contributed by atoms with Crippen LogP contribution in [0.25, 0.3) is 0 Å². The molecule has 0 aromatic heterocycles. The van der Waals surface area contributed by atoms with Gasteiger partial charge in [0.2, 0.25) is 5.91 Å². The molecule has 1 aromatic rings. The van der Waals surface area contributed by atoms with Gasteiger partial charge in [-0.15, -0.1) is 0 Å². The van der Waals surface area contributed by atoms with Crippen molar-refractivity contribution >= 4 is 5.91 Å². The van der Waals surface area contributed by atoms with Crippen LogP contribution < -0.4 is 5.32 Å². The second kappa shape index (κ2) is 10.3. The Balaban J connectivity index is 1.89. The van der Waals surface area contributed by atoms with Gasteiger partial charge in [-0.1, -0.05) is 30.3 Å². The minimum absolute atomic E-state index is 0.0483. The summed E-state index contributed by atoms with van der Waals surface area (Å²) in [5.41, 5.74) is 1.10. The van der Waals surface area contributed by atoms with Gasteiger partial charge in [-0.25, -0.2) is 0 Å². The van der Waals surface area contributed by atoms with Gasteiger partial charge in [0.25, 0.3) is 0 Å². The second-order valence-electron chi connectivity index (χ2n) is 5.49. The van der Waals surface area contributed by atoms with Crippen LogP contribution in [0.5, 0.6) is 0 Å². The van der Waals surface area contributed by atoms with E-state index < -0.39 is 0 Å². The van der Waals surface area contributed by atoms with E-state index >= 15 is 0 Å². The van der Waals surface area contributed by atoms with Crippen molar-refractivity contribution in [2.75, 3.05) is 59.8 Å². The van der Waals surface area contributed by atoms with E-state index in [1.54, 1.807) is 7.11 Å². The average Bonchev–Trinajstić information content (AvgIpc) is 2.60. The molecule has 1 unspecified atom stereocenters. The molecule has 1 atom stereocenters. The summed E-state index contributed by atoms with van der Waals surface area (Å²) in [6.45, 7) is 5.01. The monoisotopic (exact) mass is 322 g/mol. The molecule has 128 valence electrons. The number of hydrogen-bond donors (Lipinski definition) is 1. The third-order valence-corrected chi connectivity index (χ3v) is 3.75. The standard InChI is InChI=1S/C17H26N2O4/c1-21-11-12-23-14-17(20)18-16(15-5-3-2-4-6-15)13-19-7-9-22-10-8-19/h2-6,16H,7-14H2,1H3,(H,18,20). The van der Waals surface area contributed by atoms with Gasteiger partial charge in [0, 0.05) is 26.7 Å². The van der Waals surface area contributed by atoms with Crippen LogP contribution in [0.15, 0.2) is 30.3 Å². The highest BCUT2D eigenvalue weighted by Gasteiger charge is 2.20. The van der Waals surface area contributed by atoms with Crippen LogP contribution >= 0.6 is 0 Å². The lowest BCUT2D eigenvalue weighted by molar-refractivity contribution is -0.127. The highest BCUT2D eigenvalue weighted by Crippen LogP contribution is 2.15. The molecule has 1 saturated heterocycles. The zero-order chi connectivity index (χ0) is 16.3. The average molecular weight is 322 g/mol. The number of hydrogen-bond acceptors (Lipinski definition) is 5. The van der Waals surface area contributed by atoms with Crippen molar-refractivity contribution in [1.29, 1.82) is 0 Å². The molecule has 0 spiro atoms. The van der Waals surface area contributed by atoms with Crippen LogP contribution in [-0.2, 0) is 19.0 Å². The van der Waals surface area contributed by atoms with Crippen LogP contribution in [0, 0.1) is 0 Å². The quantitative estimate of drug-likeness (QED) is 0.683. The van der Waals surface area contributed by atoms with Gasteiger partial charge >= 0.3 is 0 Å². The highest BCUT2D eigenvalue weighted by molar-refractivity contribution is 5.77. The fourth-order valence-corrected chi connectivity index (χ4v) is 2.50. The van der Waals surface area contributed by atoms with Crippen LogP contribution in [0.3, 0.4) is 0 Å². The van der Waals surface area contributed by atoms with Gasteiger partial charge in [0.05, 0.1) is 32.5 Å². The summed E-state index contributed by atoms with van der Waals surface area (Å²) in [7, 11) is 1.61. The predicted octanol–water partition coefficient (Wildman–Crippen LogP) is 0.839. The molecule has 0 aliphatic carbocycles. The first-order valence-electron chi connectivity index (χ1n) is 8.00. The molecule has 6 heteroatoms. The number of carbonyl (C=O) groups is 1. The maximum absolute atomic E-state index is 12.1. The number of nitrogens with one attached hydrogen (secondary N) is 1. The first-order valence-corrected chi connectivity index (χ1v) is 8.00. The molecule has 1 aliphatic heterocycles. The van der Waals surface area contributed by atoms with E-state index in [0.29, 0.717) is 13.2 Å². The lowest BCUT2D eigenvalue weighted by Gasteiger charge is -2.31. The molecule has 1 amide bonds. The fourth-order valence-electron chi connectivity index (χ4n) is 2.50. The van der Waals surface area contributed by atoms with Crippen molar-refractivity contribution in [2.45, 2.75) is 6.04 Å². The Morgan fingerprint density at radius 3 is 2.70 bits per heavy atom. The van der Waals surface area contributed by atoms with Gasteiger partial charge < -0.3 is 19.5 Å². The van der Waals surface area contributed by atoms with Crippen molar-refractivity contribution in [3.63, 3.8) is 0 Å². The molecule has 1 aliphatic rings. The smallest absolute Gasteiger partial charge is 0.246 e. The van der Waals surface area contributed by atoms with E-state index in [2.05, 4.69) is 10.2 Å². The maximum atomic E-state index is 12.1. The van der Waals surface area contributed by atoms with Gasteiger partial charge in [-0.3, -0.25) is 9.69 Å². The first-order chi connectivity index (χ1) is 11.3. The summed E-state index contributed by atoms with van der Waals surface area (Å²) < 4.78 is 15.6. The minimum atomic E-state index is -0.108. The number of benzene rings is 1. The molecule has 23 heavy (non-hydrogen) atoms. The van der Waals surface area contributed by atoms with Crippen molar-refractivity contribution in [3.8, 4) is 0 Å². The van der Waals surface area contributed by atoms with Crippen LogP contribution in [0.2, 0.25) is 0 Å². The summed E-state index contributed by atoms with van der Waals surface area (Å²) >= 11 is 0. The molecule has 6 nitrogen and oxygen atoms in total. The van der Waals surface area contributed by atoms with E-state index in [-0.39, 0.29) is 18.6 Å².